The average molecular weight is 1010 g/mol. The van der Waals surface area contributed by atoms with Crippen LogP contribution in [0.5, 0.6) is 0 Å². The quantitative estimate of drug-likeness (QED) is 0.0320. The molecule has 0 heterocycles. The summed E-state index contributed by atoms with van der Waals surface area (Å²) in [5.41, 5.74) is 0. The first-order valence-corrected chi connectivity index (χ1v) is 32.6. The van der Waals surface area contributed by atoms with E-state index in [-0.39, 0.29) is 18.5 Å². The van der Waals surface area contributed by atoms with E-state index < -0.39 is 12.1 Å². The van der Waals surface area contributed by atoms with E-state index in [1.54, 1.807) is 0 Å². The SMILES string of the molecule is CCCC/C=C\CCCCCCCC(=O)OCCCCCCCCCCCCCC/C=C\CCCCCCCCCCCCCCCCCC(=O)NC(CO)C(O)CCCCCCCCCCCCCCC. The summed E-state index contributed by atoms with van der Waals surface area (Å²) in [6.07, 6.45) is 76.4. The number of hydrogen-bond acceptors (Lipinski definition) is 5. The number of amides is 1. The second-order valence-electron chi connectivity index (χ2n) is 22.4. The molecule has 0 aromatic rings. The number of carbonyl (C=O) groups excluding carboxylic acids is 2. The minimum Gasteiger partial charge on any atom is -0.466 e. The Morgan fingerprint density at radius 2 is 0.667 bits per heavy atom. The first-order valence-electron chi connectivity index (χ1n) is 32.6. The van der Waals surface area contributed by atoms with Crippen LogP contribution < -0.4 is 5.32 Å². The molecule has 72 heavy (non-hydrogen) atoms. The van der Waals surface area contributed by atoms with Gasteiger partial charge in [-0.3, -0.25) is 9.59 Å². The van der Waals surface area contributed by atoms with E-state index in [0.29, 0.717) is 25.9 Å². The van der Waals surface area contributed by atoms with Gasteiger partial charge in [-0.05, 0) is 70.6 Å². The molecule has 3 N–H and O–H groups in total. The minimum atomic E-state index is -0.661. The van der Waals surface area contributed by atoms with E-state index in [0.717, 1.165) is 44.9 Å². The topological polar surface area (TPSA) is 95.9 Å². The van der Waals surface area contributed by atoms with Crippen LogP contribution in [0.1, 0.15) is 361 Å². The van der Waals surface area contributed by atoms with Gasteiger partial charge in [0.2, 0.25) is 5.91 Å². The molecule has 0 saturated carbocycles. The fraction of sp³-hybridized carbons (Fsp3) is 0.909. The fourth-order valence-corrected chi connectivity index (χ4v) is 10.2. The van der Waals surface area contributed by atoms with Crippen molar-refractivity contribution in [3.8, 4) is 0 Å². The molecule has 0 aliphatic heterocycles. The molecule has 1 amide bonds. The van der Waals surface area contributed by atoms with Gasteiger partial charge in [0, 0.05) is 12.8 Å². The third-order valence-corrected chi connectivity index (χ3v) is 15.2. The molecular weight excluding hydrogens is 887 g/mol. The summed E-state index contributed by atoms with van der Waals surface area (Å²) in [6, 6.07) is -0.538. The Kier molecular flexibility index (Phi) is 60.5. The number of allylic oxidation sites excluding steroid dienone is 4. The lowest BCUT2D eigenvalue weighted by Crippen LogP contribution is -2.45. The maximum absolute atomic E-state index is 12.5. The third-order valence-electron chi connectivity index (χ3n) is 15.2. The molecule has 0 aliphatic carbocycles. The molecule has 426 valence electrons. The van der Waals surface area contributed by atoms with Crippen LogP contribution in [0.3, 0.4) is 0 Å². The van der Waals surface area contributed by atoms with Gasteiger partial charge in [0.25, 0.3) is 0 Å². The zero-order valence-corrected chi connectivity index (χ0v) is 48.7. The first kappa shape index (κ1) is 70.3. The van der Waals surface area contributed by atoms with Crippen LogP contribution in [-0.4, -0.2) is 47.4 Å². The second kappa shape index (κ2) is 61.9. The van der Waals surface area contributed by atoms with Crippen molar-refractivity contribution in [3.63, 3.8) is 0 Å². The van der Waals surface area contributed by atoms with E-state index in [1.165, 1.54) is 283 Å². The van der Waals surface area contributed by atoms with Crippen LogP contribution in [0.25, 0.3) is 0 Å². The van der Waals surface area contributed by atoms with Crippen LogP contribution in [0.4, 0.5) is 0 Å². The predicted octanol–water partition coefficient (Wildman–Crippen LogP) is 20.6. The lowest BCUT2D eigenvalue weighted by molar-refractivity contribution is -0.143. The molecule has 0 saturated heterocycles. The summed E-state index contributed by atoms with van der Waals surface area (Å²) in [5.74, 6) is -0.0245. The highest BCUT2D eigenvalue weighted by Crippen LogP contribution is 2.18. The van der Waals surface area contributed by atoms with Gasteiger partial charge in [-0.1, -0.05) is 301 Å². The zero-order valence-electron chi connectivity index (χ0n) is 48.7. The number of carbonyl (C=O) groups is 2. The zero-order chi connectivity index (χ0) is 52.2. The van der Waals surface area contributed by atoms with Crippen LogP contribution >= 0.6 is 0 Å². The van der Waals surface area contributed by atoms with E-state index >= 15 is 0 Å². The molecule has 6 heteroatoms. The number of unbranched alkanes of at least 4 members (excludes halogenated alkanes) is 46. The molecular formula is C66H127NO5. The molecule has 0 bridgehead atoms. The Labute approximate surface area is 450 Å². The van der Waals surface area contributed by atoms with Gasteiger partial charge in [-0.15, -0.1) is 0 Å². The van der Waals surface area contributed by atoms with E-state index in [4.69, 9.17) is 4.74 Å². The fourth-order valence-electron chi connectivity index (χ4n) is 10.2. The van der Waals surface area contributed by atoms with Crippen LogP contribution in [0.2, 0.25) is 0 Å². The predicted molar refractivity (Wildman–Crippen MR) is 315 cm³/mol. The minimum absolute atomic E-state index is 0.00676. The van der Waals surface area contributed by atoms with Crippen molar-refractivity contribution in [3.05, 3.63) is 24.3 Å². The lowest BCUT2D eigenvalue weighted by Gasteiger charge is -2.22. The standard InChI is InChI=1S/C66H127NO5/c1-3-5-7-9-11-13-15-35-39-42-46-50-54-58-64(69)63(62-68)67-65(70)59-55-51-47-43-40-36-33-31-29-27-25-23-21-19-17-16-18-20-22-24-26-28-30-32-34-37-41-45-49-53-57-61-72-66(71)60-56-52-48-44-38-14-12-10-8-6-4-2/h10,12,18,20,63-64,68-69H,3-9,11,13-17,19,21-62H2,1-2H3,(H,67,70)/b12-10-,20-18-. The van der Waals surface area contributed by atoms with Gasteiger partial charge in [0.15, 0.2) is 0 Å². The molecule has 2 atom stereocenters. The van der Waals surface area contributed by atoms with Crippen molar-refractivity contribution in [2.45, 2.75) is 373 Å². The summed E-state index contributed by atoms with van der Waals surface area (Å²) in [6.45, 7) is 4.93. The summed E-state index contributed by atoms with van der Waals surface area (Å²) in [4.78, 5) is 24.5. The first-order chi connectivity index (χ1) is 35.5. The van der Waals surface area contributed by atoms with Crippen molar-refractivity contribution < 1.29 is 24.5 Å². The van der Waals surface area contributed by atoms with Gasteiger partial charge in [0.05, 0.1) is 25.4 Å². The molecule has 0 rings (SSSR count). The van der Waals surface area contributed by atoms with Crippen LogP contribution in [-0.2, 0) is 14.3 Å². The number of nitrogens with one attached hydrogen (secondary N) is 1. The molecule has 2 unspecified atom stereocenters. The molecule has 0 fully saturated rings. The van der Waals surface area contributed by atoms with Crippen LogP contribution in [0, 0.1) is 0 Å². The average Bonchev–Trinajstić information content (AvgIpc) is 3.38. The summed E-state index contributed by atoms with van der Waals surface area (Å²) in [7, 11) is 0. The summed E-state index contributed by atoms with van der Waals surface area (Å²) < 4.78 is 5.46. The van der Waals surface area contributed by atoms with Gasteiger partial charge in [-0.2, -0.15) is 0 Å². The molecule has 0 aromatic heterocycles. The Bertz CT molecular complexity index is 1120. The monoisotopic (exact) mass is 1010 g/mol. The third kappa shape index (κ3) is 57.6. The molecule has 6 nitrogen and oxygen atoms in total. The number of hydrogen-bond donors (Lipinski definition) is 3. The van der Waals surface area contributed by atoms with E-state index in [9.17, 15) is 19.8 Å². The number of rotatable bonds is 61. The largest absolute Gasteiger partial charge is 0.466 e. The van der Waals surface area contributed by atoms with E-state index in [2.05, 4.69) is 43.5 Å². The van der Waals surface area contributed by atoms with Crippen LogP contribution in [0.15, 0.2) is 24.3 Å². The van der Waals surface area contributed by atoms with Crippen molar-refractivity contribution in [2.24, 2.45) is 0 Å². The van der Waals surface area contributed by atoms with Gasteiger partial charge < -0.3 is 20.3 Å². The highest BCUT2D eigenvalue weighted by Gasteiger charge is 2.20. The van der Waals surface area contributed by atoms with E-state index in [1.807, 2.05) is 0 Å². The summed E-state index contributed by atoms with van der Waals surface area (Å²) >= 11 is 0. The van der Waals surface area contributed by atoms with Gasteiger partial charge in [-0.25, -0.2) is 0 Å². The summed E-state index contributed by atoms with van der Waals surface area (Å²) in [5, 5.41) is 23.3. The van der Waals surface area contributed by atoms with Gasteiger partial charge >= 0.3 is 5.97 Å². The maximum atomic E-state index is 12.5. The normalized spacial score (nSPS) is 12.7. The maximum Gasteiger partial charge on any atom is 0.305 e. The molecule has 0 aromatic carbocycles. The smallest absolute Gasteiger partial charge is 0.305 e. The number of esters is 1. The second-order valence-corrected chi connectivity index (χ2v) is 22.4. The number of aliphatic hydroxyl groups is 2. The Morgan fingerprint density at radius 1 is 0.375 bits per heavy atom. The molecule has 0 aliphatic rings. The highest BCUT2D eigenvalue weighted by atomic mass is 16.5. The van der Waals surface area contributed by atoms with Crippen molar-refractivity contribution >= 4 is 11.9 Å². The van der Waals surface area contributed by atoms with Gasteiger partial charge in [0.1, 0.15) is 0 Å². The Morgan fingerprint density at radius 3 is 1.03 bits per heavy atom. The van der Waals surface area contributed by atoms with Crippen molar-refractivity contribution in [1.29, 1.82) is 0 Å². The molecule has 0 spiro atoms. The lowest BCUT2D eigenvalue weighted by atomic mass is 10.0. The molecule has 0 radical (unpaired) electrons. The van der Waals surface area contributed by atoms with Crippen molar-refractivity contribution in [1.82, 2.24) is 5.32 Å². The Hall–Kier alpha value is -1.66. The highest BCUT2D eigenvalue weighted by molar-refractivity contribution is 5.76. The Balaban J connectivity index is 3.35. The van der Waals surface area contributed by atoms with Crippen molar-refractivity contribution in [2.75, 3.05) is 13.2 Å². The number of aliphatic hydroxyl groups excluding tert-OH is 2. The number of ether oxygens (including phenoxy) is 1.